The van der Waals surface area contributed by atoms with Crippen LogP contribution in [0.15, 0.2) is 24.3 Å². The van der Waals surface area contributed by atoms with Crippen LogP contribution in [0.5, 0.6) is 0 Å². The third-order valence-electron chi connectivity index (χ3n) is 7.31. The predicted molar refractivity (Wildman–Crippen MR) is 141 cm³/mol. The van der Waals surface area contributed by atoms with Gasteiger partial charge in [0.2, 0.25) is 16.0 Å². The van der Waals surface area contributed by atoms with E-state index in [1.807, 2.05) is 0 Å². The molecular weight excluding hydrogens is 518 g/mol. The fourth-order valence-electron chi connectivity index (χ4n) is 5.08. The number of aryl methyl sites for hydroxylation is 1. The molecule has 10 nitrogen and oxygen atoms in total. The van der Waals surface area contributed by atoms with Crippen molar-refractivity contribution in [2.45, 2.75) is 51.6 Å². The number of hydrogen-bond donors (Lipinski definition) is 3. The number of carbonyl (C=O) groups excluding carboxylic acids is 1. The number of anilines is 4. The van der Waals surface area contributed by atoms with Crippen molar-refractivity contribution in [1.29, 1.82) is 0 Å². The Morgan fingerprint density at radius 3 is 2.39 bits per heavy atom. The van der Waals surface area contributed by atoms with Gasteiger partial charge in [-0.05, 0) is 63.1 Å². The summed E-state index contributed by atoms with van der Waals surface area (Å²) in [5.41, 5.74) is 2.14. The summed E-state index contributed by atoms with van der Waals surface area (Å²) in [6, 6.07) is 6.26. The van der Waals surface area contributed by atoms with Gasteiger partial charge in [0.15, 0.2) is 0 Å². The molecule has 3 N–H and O–H groups in total. The van der Waals surface area contributed by atoms with Gasteiger partial charge in [-0.25, -0.2) is 22.2 Å². The van der Waals surface area contributed by atoms with Crippen LogP contribution in [0.4, 0.5) is 31.9 Å². The first-order chi connectivity index (χ1) is 17.8. The van der Waals surface area contributed by atoms with E-state index in [0.717, 1.165) is 25.9 Å². The van der Waals surface area contributed by atoms with Crippen LogP contribution in [0.1, 0.15) is 48.7 Å². The van der Waals surface area contributed by atoms with Gasteiger partial charge in [-0.15, -0.1) is 0 Å². The van der Waals surface area contributed by atoms with E-state index in [1.54, 1.807) is 25.1 Å². The smallest absolute Gasteiger partial charge is 0.282 e. The van der Waals surface area contributed by atoms with Crippen LogP contribution in [0.25, 0.3) is 0 Å². The van der Waals surface area contributed by atoms with E-state index in [2.05, 4.69) is 24.9 Å². The lowest BCUT2D eigenvalue weighted by atomic mass is 9.93. The number of aromatic nitrogens is 2. The van der Waals surface area contributed by atoms with Crippen molar-refractivity contribution >= 4 is 39.1 Å². The van der Waals surface area contributed by atoms with E-state index in [9.17, 15) is 27.1 Å². The summed E-state index contributed by atoms with van der Waals surface area (Å²) < 4.78 is 54.0. The zero-order valence-corrected chi connectivity index (χ0v) is 22.2. The third kappa shape index (κ3) is 5.98. The minimum Gasteiger partial charge on any atom is -0.392 e. The highest BCUT2D eigenvalue weighted by molar-refractivity contribution is 7.92. The molecule has 2 aromatic rings. The molecule has 3 fully saturated rings. The number of sulfonamides is 1. The molecule has 1 unspecified atom stereocenters. The molecule has 1 saturated carbocycles. The molecule has 1 spiro atoms. The summed E-state index contributed by atoms with van der Waals surface area (Å²) in [5.74, 6) is -3.37. The third-order valence-corrected chi connectivity index (χ3v) is 8.78. The Morgan fingerprint density at radius 1 is 1.11 bits per heavy atom. The van der Waals surface area contributed by atoms with Crippen molar-refractivity contribution in [2.24, 2.45) is 5.41 Å². The number of halogens is 2. The van der Waals surface area contributed by atoms with Gasteiger partial charge in [0, 0.05) is 24.8 Å². The molecule has 0 radical (unpaired) electrons. The average Bonchev–Trinajstić information content (AvgIpc) is 3.55. The van der Waals surface area contributed by atoms with E-state index < -0.39 is 46.8 Å². The number of aliphatic hydroxyl groups is 1. The number of carbonyl (C=O) groups is 1. The molecule has 38 heavy (non-hydrogen) atoms. The first kappa shape index (κ1) is 26.5. The maximum absolute atomic E-state index is 13.4. The first-order valence-electron chi connectivity index (χ1n) is 12.7. The Labute approximate surface area is 220 Å². The molecule has 2 aliphatic heterocycles. The second kappa shape index (κ2) is 9.60. The zero-order chi connectivity index (χ0) is 27.3. The molecule has 3 aliphatic rings. The van der Waals surface area contributed by atoms with E-state index in [4.69, 9.17) is 0 Å². The molecular formula is C25H32F2N6O4S. The molecule has 0 bridgehead atoms. The predicted octanol–water partition coefficient (Wildman–Crippen LogP) is 3.00. The fourth-order valence-corrected chi connectivity index (χ4v) is 6.29. The molecule has 1 amide bonds. The first-order valence-corrected chi connectivity index (χ1v) is 14.3. The minimum atomic E-state index is -3.79. The lowest BCUT2D eigenvalue weighted by Gasteiger charge is -2.38. The van der Waals surface area contributed by atoms with Crippen LogP contribution in [-0.2, 0) is 10.0 Å². The highest BCUT2D eigenvalue weighted by atomic mass is 32.2. The zero-order valence-electron chi connectivity index (χ0n) is 21.4. The normalized spacial score (nSPS) is 20.6. The second-order valence-electron chi connectivity index (χ2n) is 10.8. The summed E-state index contributed by atoms with van der Waals surface area (Å²) in [6.45, 7) is 3.62. The summed E-state index contributed by atoms with van der Waals surface area (Å²) in [4.78, 5) is 25.4. The summed E-state index contributed by atoms with van der Waals surface area (Å²) in [7, 11) is -3.79. The van der Waals surface area contributed by atoms with Crippen molar-refractivity contribution in [2.75, 3.05) is 51.8 Å². The van der Waals surface area contributed by atoms with Crippen molar-refractivity contribution in [3.63, 3.8) is 0 Å². The van der Waals surface area contributed by atoms with E-state index >= 15 is 0 Å². The average molecular weight is 551 g/mol. The molecule has 206 valence electrons. The quantitative estimate of drug-likeness (QED) is 0.458. The van der Waals surface area contributed by atoms with Gasteiger partial charge in [0.25, 0.3) is 11.8 Å². The van der Waals surface area contributed by atoms with E-state index in [1.165, 1.54) is 30.7 Å². The number of amides is 1. The van der Waals surface area contributed by atoms with Gasteiger partial charge in [-0.2, -0.15) is 4.98 Å². The number of aliphatic hydroxyl groups excluding tert-OH is 1. The second-order valence-corrected chi connectivity index (χ2v) is 12.6. The molecule has 1 atom stereocenters. The van der Waals surface area contributed by atoms with Gasteiger partial charge in [-0.3, -0.25) is 9.52 Å². The monoisotopic (exact) mass is 550 g/mol. The molecule has 1 aromatic carbocycles. The Bertz CT molecular complexity index is 1330. The number of benzene rings is 1. The minimum absolute atomic E-state index is 0.125. The van der Waals surface area contributed by atoms with Crippen LogP contribution in [0.2, 0.25) is 0 Å². The number of rotatable bonds is 8. The topological polar surface area (TPSA) is 128 Å². The van der Waals surface area contributed by atoms with Gasteiger partial charge in [-0.1, -0.05) is 0 Å². The number of nitrogens with zero attached hydrogens (tertiary/aromatic N) is 4. The van der Waals surface area contributed by atoms with E-state index in [-0.39, 0.29) is 11.8 Å². The highest BCUT2D eigenvalue weighted by Crippen LogP contribution is 2.54. The summed E-state index contributed by atoms with van der Waals surface area (Å²) >= 11 is 0. The molecule has 1 aliphatic carbocycles. The molecule has 5 rings (SSSR count). The number of alkyl halides is 2. The SMILES string of the molecule is Cc1cc(NC(=O)c2ccc(NS(=O)(=O)CC(C)O)cc2N2CCC3(CC2)CC3)nc(N2CC(F)(F)C2)n1. The standard InChI is InChI=1S/C25H32F2N6O4S/c1-16-11-21(30-23(28-16)33-14-25(26,27)15-33)29-22(35)19-4-3-18(31-38(36,37)13-17(2)34)12-20(19)32-9-7-24(5-6-24)8-10-32/h3-4,11-12,17,31,34H,5-10,13-15H2,1-2H3,(H,28,29,30,35). The Balaban J connectivity index is 1.40. The van der Waals surface area contributed by atoms with Crippen LogP contribution in [0, 0.1) is 12.3 Å². The Hall–Kier alpha value is -3.06. The summed E-state index contributed by atoms with van der Waals surface area (Å²) in [5, 5.41) is 12.3. The lowest BCUT2D eigenvalue weighted by molar-refractivity contribution is -0.0271. The fraction of sp³-hybridized carbons (Fsp3) is 0.560. The molecule has 3 heterocycles. The van der Waals surface area contributed by atoms with Crippen molar-refractivity contribution in [3.8, 4) is 0 Å². The molecule has 1 aromatic heterocycles. The maximum Gasteiger partial charge on any atom is 0.282 e. The van der Waals surface area contributed by atoms with Crippen LogP contribution in [0.3, 0.4) is 0 Å². The lowest BCUT2D eigenvalue weighted by Crippen LogP contribution is -2.57. The van der Waals surface area contributed by atoms with Gasteiger partial charge >= 0.3 is 0 Å². The Kier molecular flexibility index (Phi) is 6.70. The van der Waals surface area contributed by atoms with Crippen LogP contribution >= 0.6 is 0 Å². The van der Waals surface area contributed by atoms with Crippen LogP contribution < -0.4 is 19.8 Å². The summed E-state index contributed by atoms with van der Waals surface area (Å²) in [6.07, 6.45) is 3.40. The van der Waals surface area contributed by atoms with Crippen molar-refractivity contribution in [1.82, 2.24) is 9.97 Å². The van der Waals surface area contributed by atoms with Crippen molar-refractivity contribution < 1.29 is 27.1 Å². The Morgan fingerprint density at radius 2 is 1.79 bits per heavy atom. The largest absolute Gasteiger partial charge is 0.392 e. The number of nitrogens with one attached hydrogen (secondary N) is 2. The van der Waals surface area contributed by atoms with Gasteiger partial charge < -0.3 is 20.2 Å². The maximum atomic E-state index is 13.4. The van der Waals surface area contributed by atoms with Gasteiger partial charge in [0.1, 0.15) is 5.82 Å². The number of hydrogen-bond acceptors (Lipinski definition) is 8. The molecule has 2 saturated heterocycles. The van der Waals surface area contributed by atoms with Crippen molar-refractivity contribution in [3.05, 3.63) is 35.5 Å². The van der Waals surface area contributed by atoms with Crippen LogP contribution in [-0.4, -0.2) is 73.4 Å². The van der Waals surface area contributed by atoms with E-state index in [0.29, 0.717) is 28.0 Å². The number of piperidine rings is 1. The van der Waals surface area contributed by atoms with Gasteiger partial charge in [0.05, 0.1) is 41.9 Å². The molecule has 13 heteroatoms. The highest BCUT2D eigenvalue weighted by Gasteiger charge is 2.46.